The van der Waals surface area contributed by atoms with Gasteiger partial charge < -0.3 is 19.1 Å². The van der Waals surface area contributed by atoms with Gasteiger partial charge in [-0.05, 0) is 51.5 Å². The highest BCUT2D eigenvalue weighted by atomic mass is 16.5. The zero-order chi connectivity index (χ0) is 21.6. The van der Waals surface area contributed by atoms with Crippen LogP contribution in [0.4, 0.5) is 4.79 Å². The molecular formula is C22H32N4O4. The number of carbonyl (C=O) groups excluding carboxylic acids is 3. The minimum atomic E-state index is -0.306. The number of hydrogen-bond acceptors (Lipinski definition) is 4. The van der Waals surface area contributed by atoms with Gasteiger partial charge in [0.05, 0.1) is 12.2 Å². The summed E-state index contributed by atoms with van der Waals surface area (Å²) in [5.74, 6) is 0.0193. The predicted molar refractivity (Wildman–Crippen MR) is 111 cm³/mol. The number of methoxy groups -OCH3 is 1. The number of likely N-dealkylation sites (tertiary alicyclic amines) is 1. The third-order valence-corrected chi connectivity index (χ3v) is 7.29. The highest BCUT2D eigenvalue weighted by Crippen LogP contribution is 2.46. The maximum absolute atomic E-state index is 13.2. The lowest BCUT2D eigenvalue weighted by molar-refractivity contribution is -0.128. The topological polar surface area (TPSA) is 75.1 Å². The van der Waals surface area contributed by atoms with Crippen molar-refractivity contribution in [3.8, 4) is 0 Å². The molecule has 0 radical (unpaired) electrons. The van der Waals surface area contributed by atoms with Crippen LogP contribution in [0.1, 0.15) is 47.9 Å². The normalized spacial score (nSPS) is 23.1. The first-order valence-electron chi connectivity index (χ1n) is 10.9. The van der Waals surface area contributed by atoms with E-state index in [1.165, 1.54) is 4.90 Å². The van der Waals surface area contributed by atoms with Crippen molar-refractivity contribution in [2.24, 2.45) is 5.41 Å². The minimum Gasteiger partial charge on any atom is -0.383 e. The molecule has 4 heterocycles. The molecule has 1 spiro atoms. The average molecular weight is 417 g/mol. The monoisotopic (exact) mass is 416 g/mol. The molecule has 3 saturated heterocycles. The van der Waals surface area contributed by atoms with Gasteiger partial charge in [0.1, 0.15) is 6.04 Å². The van der Waals surface area contributed by atoms with Crippen LogP contribution in [-0.4, -0.2) is 83.0 Å². The number of aromatic nitrogens is 1. The molecule has 0 saturated carbocycles. The van der Waals surface area contributed by atoms with E-state index in [1.807, 2.05) is 31.7 Å². The maximum Gasteiger partial charge on any atom is 0.327 e. The number of amides is 4. The number of carbonyl (C=O) groups is 3. The first-order valence-corrected chi connectivity index (χ1v) is 10.9. The number of nitrogens with zero attached hydrogens (tertiary/aromatic N) is 4. The van der Waals surface area contributed by atoms with Crippen molar-refractivity contribution in [1.82, 2.24) is 19.3 Å². The van der Waals surface area contributed by atoms with E-state index in [4.69, 9.17) is 4.74 Å². The van der Waals surface area contributed by atoms with Gasteiger partial charge in [-0.15, -0.1) is 0 Å². The van der Waals surface area contributed by atoms with Crippen LogP contribution in [0.5, 0.6) is 0 Å². The largest absolute Gasteiger partial charge is 0.383 e. The Morgan fingerprint density at radius 1 is 1.23 bits per heavy atom. The summed E-state index contributed by atoms with van der Waals surface area (Å²) in [6, 6.07) is 1.52. The summed E-state index contributed by atoms with van der Waals surface area (Å²) >= 11 is 0. The SMILES string of the molecule is CCN1C(=O)C2CC3(CCN(C(=O)c4cc(C)n(CCOC)c4C)CC3)CN2C1=O. The molecule has 164 valence electrons. The van der Waals surface area contributed by atoms with Gasteiger partial charge in [0.25, 0.3) is 11.8 Å². The molecule has 4 amide bonds. The molecule has 1 aromatic heterocycles. The van der Waals surface area contributed by atoms with Crippen LogP contribution < -0.4 is 0 Å². The standard InChI is InChI=1S/C22H32N4O4/c1-5-24-20(28)18-13-22(14-26(18)21(24)29)6-8-23(9-7-22)19(27)17-12-15(2)25(16(17)3)10-11-30-4/h12,18H,5-11,13-14H2,1-4H3. The van der Waals surface area contributed by atoms with E-state index in [-0.39, 0.29) is 29.3 Å². The zero-order valence-corrected chi connectivity index (χ0v) is 18.4. The second kappa shape index (κ2) is 7.72. The number of fused-ring (bicyclic) bond motifs is 1. The van der Waals surface area contributed by atoms with Gasteiger partial charge >= 0.3 is 6.03 Å². The summed E-state index contributed by atoms with van der Waals surface area (Å²) in [6.45, 7) is 9.59. The first kappa shape index (κ1) is 20.9. The van der Waals surface area contributed by atoms with Gasteiger partial charge in [0.15, 0.2) is 0 Å². The van der Waals surface area contributed by atoms with E-state index in [0.717, 1.165) is 42.8 Å². The number of ether oxygens (including phenoxy) is 1. The summed E-state index contributed by atoms with van der Waals surface area (Å²) in [4.78, 5) is 43.3. The Bertz CT molecular complexity index is 843. The minimum absolute atomic E-state index is 0.0397. The second-order valence-electron chi connectivity index (χ2n) is 8.93. The van der Waals surface area contributed by atoms with Crippen LogP contribution in [-0.2, 0) is 16.1 Å². The summed E-state index contributed by atoms with van der Waals surface area (Å²) in [5, 5.41) is 0. The maximum atomic E-state index is 13.2. The van der Waals surface area contributed by atoms with Crippen molar-refractivity contribution in [1.29, 1.82) is 0 Å². The van der Waals surface area contributed by atoms with Gasteiger partial charge in [0.2, 0.25) is 0 Å². The summed E-state index contributed by atoms with van der Waals surface area (Å²) in [5.41, 5.74) is 2.76. The molecule has 1 unspecified atom stereocenters. The van der Waals surface area contributed by atoms with Gasteiger partial charge in [-0.2, -0.15) is 0 Å². The molecule has 0 aliphatic carbocycles. The van der Waals surface area contributed by atoms with Crippen LogP contribution in [0.15, 0.2) is 6.07 Å². The van der Waals surface area contributed by atoms with E-state index >= 15 is 0 Å². The number of rotatable bonds is 5. The molecule has 30 heavy (non-hydrogen) atoms. The Hall–Kier alpha value is -2.35. The quantitative estimate of drug-likeness (QED) is 0.689. The van der Waals surface area contributed by atoms with E-state index in [2.05, 4.69) is 4.57 Å². The average Bonchev–Trinajstić information content (AvgIpc) is 3.31. The Morgan fingerprint density at radius 3 is 2.53 bits per heavy atom. The smallest absolute Gasteiger partial charge is 0.327 e. The lowest BCUT2D eigenvalue weighted by Gasteiger charge is -2.39. The molecule has 4 rings (SSSR count). The third kappa shape index (κ3) is 3.21. The molecule has 0 aromatic carbocycles. The Morgan fingerprint density at radius 2 is 1.93 bits per heavy atom. The Labute approximate surface area is 177 Å². The number of urea groups is 1. The van der Waals surface area contributed by atoms with Crippen molar-refractivity contribution in [2.75, 3.05) is 39.9 Å². The first-order chi connectivity index (χ1) is 14.3. The van der Waals surface area contributed by atoms with Crippen molar-refractivity contribution >= 4 is 17.8 Å². The van der Waals surface area contributed by atoms with Crippen LogP contribution in [0.3, 0.4) is 0 Å². The van der Waals surface area contributed by atoms with Crippen LogP contribution in [0.25, 0.3) is 0 Å². The van der Waals surface area contributed by atoms with Crippen molar-refractivity contribution in [3.63, 3.8) is 0 Å². The van der Waals surface area contributed by atoms with Crippen molar-refractivity contribution < 1.29 is 19.1 Å². The number of hydrogen-bond donors (Lipinski definition) is 0. The molecule has 8 nitrogen and oxygen atoms in total. The van der Waals surface area contributed by atoms with Gasteiger partial charge in [-0.1, -0.05) is 0 Å². The fourth-order valence-corrected chi connectivity index (χ4v) is 5.46. The lowest BCUT2D eigenvalue weighted by atomic mass is 9.76. The van der Waals surface area contributed by atoms with E-state index in [1.54, 1.807) is 12.0 Å². The fourth-order valence-electron chi connectivity index (χ4n) is 5.46. The Kier molecular flexibility index (Phi) is 5.38. The molecule has 3 aliphatic heterocycles. The van der Waals surface area contributed by atoms with Gasteiger partial charge in [-0.3, -0.25) is 14.5 Å². The summed E-state index contributed by atoms with van der Waals surface area (Å²) in [7, 11) is 1.68. The molecule has 0 bridgehead atoms. The molecule has 3 aliphatic rings. The summed E-state index contributed by atoms with van der Waals surface area (Å²) in [6.07, 6.45) is 2.39. The number of aryl methyl sites for hydroxylation is 1. The van der Waals surface area contributed by atoms with Gasteiger partial charge in [0, 0.05) is 51.2 Å². The lowest BCUT2D eigenvalue weighted by Crippen LogP contribution is -2.45. The number of piperidine rings is 1. The van der Waals surface area contributed by atoms with Crippen molar-refractivity contribution in [3.05, 3.63) is 23.0 Å². The number of likely N-dealkylation sites (N-methyl/N-ethyl adjacent to an activating group) is 1. The highest BCUT2D eigenvalue weighted by molar-refractivity contribution is 6.04. The van der Waals surface area contributed by atoms with Crippen LogP contribution in [0, 0.1) is 19.3 Å². The summed E-state index contributed by atoms with van der Waals surface area (Å²) < 4.78 is 7.31. The number of imide groups is 1. The highest BCUT2D eigenvalue weighted by Gasteiger charge is 2.56. The van der Waals surface area contributed by atoms with E-state index in [0.29, 0.717) is 32.8 Å². The zero-order valence-electron chi connectivity index (χ0n) is 18.4. The molecular weight excluding hydrogens is 384 g/mol. The molecule has 0 N–H and O–H groups in total. The van der Waals surface area contributed by atoms with E-state index < -0.39 is 0 Å². The Balaban J connectivity index is 1.42. The van der Waals surface area contributed by atoms with Crippen molar-refractivity contribution in [2.45, 2.75) is 52.6 Å². The molecule has 3 fully saturated rings. The molecule has 1 atom stereocenters. The molecule has 1 aromatic rings. The van der Waals surface area contributed by atoms with Crippen LogP contribution >= 0.6 is 0 Å². The third-order valence-electron chi connectivity index (χ3n) is 7.29. The second-order valence-corrected chi connectivity index (χ2v) is 8.93. The molecule has 8 heteroatoms. The fraction of sp³-hybridized carbons (Fsp3) is 0.682. The van der Waals surface area contributed by atoms with Gasteiger partial charge in [-0.25, -0.2) is 4.79 Å². The van der Waals surface area contributed by atoms with E-state index in [9.17, 15) is 14.4 Å². The van der Waals surface area contributed by atoms with Crippen LogP contribution in [0.2, 0.25) is 0 Å². The predicted octanol–water partition coefficient (Wildman–Crippen LogP) is 2.03.